The van der Waals surface area contributed by atoms with E-state index in [9.17, 15) is 4.79 Å². The van der Waals surface area contributed by atoms with Crippen LogP contribution >= 0.6 is 11.8 Å². The molecule has 1 amide bonds. The molecular weight excluding hydrogens is 464 g/mol. The number of nitrogens with one attached hydrogen (secondary N) is 1. The van der Waals surface area contributed by atoms with Crippen LogP contribution in [0.25, 0.3) is 10.8 Å². The quantitative estimate of drug-likeness (QED) is 0.340. The summed E-state index contributed by atoms with van der Waals surface area (Å²) in [5, 5.41) is 14.2. The molecule has 180 valence electrons. The molecule has 0 saturated carbocycles. The number of ether oxygens (including phenoxy) is 3. The maximum absolute atomic E-state index is 12.8. The Morgan fingerprint density at radius 3 is 2.83 bits per heavy atom. The third-order valence-electron chi connectivity index (χ3n) is 5.91. The lowest BCUT2D eigenvalue weighted by molar-refractivity contribution is -0.115. The number of nitrogens with zero attached hydrogens (tertiary/aromatic N) is 3. The van der Waals surface area contributed by atoms with Gasteiger partial charge in [0.15, 0.2) is 22.5 Å². The van der Waals surface area contributed by atoms with E-state index in [1.807, 2.05) is 36.6 Å². The van der Waals surface area contributed by atoms with Gasteiger partial charge in [-0.05, 0) is 55.3 Å². The predicted octanol–water partition coefficient (Wildman–Crippen LogP) is 5.19. The van der Waals surface area contributed by atoms with Crippen LogP contribution in [0.1, 0.15) is 25.2 Å². The van der Waals surface area contributed by atoms with Gasteiger partial charge in [0.05, 0.1) is 5.25 Å². The largest absolute Gasteiger partial charge is 0.485 e. The second-order valence-corrected chi connectivity index (χ2v) is 9.47. The number of carbonyl (C=O) groups excluding carboxylic acids is 1. The molecule has 3 aromatic carbocycles. The van der Waals surface area contributed by atoms with Crippen LogP contribution in [-0.4, -0.2) is 32.7 Å². The Labute approximate surface area is 207 Å². The van der Waals surface area contributed by atoms with Crippen LogP contribution in [0.3, 0.4) is 0 Å². The fourth-order valence-corrected chi connectivity index (χ4v) is 4.90. The summed E-state index contributed by atoms with van der Waals surface area (Å²) in [5.41, 5.74) is 1.75. The van der Waals surface area contributed by atoms with Crippen molar-refractivity contribution in [2.75, 3.05) is 12.1 Å². The third kappa shape index (κ3) is 4.77. The monoisotopic (exact) mass is 490 g/mol. The molecule has 9 heteroatoms. The molecule has 5 rings (SSSR count). The Hall–Kier alpha value is -3.72. The zero-order valence-electron chi connectivity index (χ0n) is 19.8. The summed E-state index contributed by atoms with van der Waals surface area (Å²) in [4.78, 5) is 12.8. The van der Waals surface area contributed by atoms with Crippen molar-refractivity contribution >= 4 is 34.1 Å². The van der Waals surface area contributed by atoms with Crippen molar-refractivity contribution in [3.63, 3.8) is 0 Å². The van der Waals surface area contributed by atoms with Gasteiger partial charge in [-0.2, -0.15) is 0 Å². The first kappa shape index (κ1) is 23.0. The fraction of sp³-hybridized carbons (Fsp3) is 0.269. The van der Waals surface area contributed by atoms with E-state index in [1.54, 1.807) is 18.2 Å². The Kier molecular flexibility index (Phi) is 6.50. The van der Waals surface area contributed by atoms with Gasteiger partial charge in [-0.15, -0.1) is 10.2 Å². The smallest absolute Gasteiger partial charge is 0.237 e. The molecular formula is C26H26N4O4S. The normalized spacial score (nSPS) is 13.1. The molecule has 0 spiro atoms. The Morgan fingerprint density at radius 2 is 1.97 bits per heavy atom. The van der Waals surface area contributed by atoms with Crippen molar-refractivity contribution < 1.29 is 19.0 Å². The van der Waals surface area contributed by atoms with E-state index in [-0.39, 0.29) is 18.0 Å². The van der Waals surface area contributed by atoms with Gasteiger partial charge in [-0.25, -0.2) is 0 Å². The Morgan fingerprint density at radius 1 is 1.14 bits per heavy atom. The molecule has 0 fully saturated rings. The van der Waals surface area contributed by atoms with Crippen LogP contribution in [0, 0.1) is 6.92 Å². The van der Waals surface area contributed by atoms with Gasteiger partial charge in [-0.3, -0.25) is 4.79 Å². The van der Waals surface area contributed by atoms with Crippen molar-refractivity contribution in [2.24, 2.45) is 0 Å². The van der Waals surface area contributed by atoms with Crippen LogP contribution in [0.2, 0.25) is 0 Å². The highest BCUT2D eigenvalue weighted by Gasteiger charge is 2.21. The number of aromatic nitrogens is 3. The summed E-state index contributed by atoms with van der Waals surface area (Å²) in [5.74, 6) is 2.70. The molecule has 4 aromatic rings. The number of benzene rings is 3. The molecule has 0 aliphatic carbocycles. The SMILES string of the molecule is CCn1c(COc2ccc3ccccc3c2C)nnc1SC(C)C(=O)Nc1ccc2c(c1)OCO2. The molecule has 0 saturated heterocycles. The number of hydrogen-bond donors (Lipinski definition) is 1. The summed E-state index contributed by atoms with van der Waals surface area (Å²) < 4.78 is 18.8. The zero-order chi connectivity index (χ0) is 24.4. The van der Waals surface area contributed by atoms with E-state index in [0.717, 1.165) is 11.3 Å². The lowest BCUT2D eigenvalue weighted by atomic mass is 10.0. The van der Waals surface area contributed by atoms with Crippen LogP contribution in [0.5, 0.6) is 17.2 Å². The van der Waals surface area contributed by atoms with E-state index in [0.29, 0.717) is 41.3 Å². The first-order valence-electron chi connectivity index (χ1n) is 11.4. The van der Waals surface area contributed by atoms with Gasteiger partial charge in [0.2, 0.25) is 12.7 Å². The molecule has 1 aliphatic rings. The van der Waals surface area contributed by atoms with E-state index in [1.165, 1.54) is 22.5 Å². The molecule has 1 unspecified atom stereocenters. The van der Waals surface area contributed by atoms with E-state index < -0.39 is 0 Å². The van der Waals surface area contributed by atoms with Crippen LogP contribution in [0.15, 0.2) is 59.8 Å². The lowest BCUT2D eigenvalue weighted by Crippen LogP contribution is -2.23. The predicted molar refractivity (Wildman–Crippen MR) is 135 cm³/mol. The summed E-state index contributed by atoms with van der Waals surface area (Å²) in [6, 6.07) is 17.6. The van der Waals surface area contributed by atoms with Gasteiger partial charge in [0, 0.05) is 18.3 Å². The van der Waals surface area contributed by atoms with E-state index >= 15 is 0 Å². The zero-order valence-corrected chi connectivity index (χ0v) is 20.6. The van der Waals surface area contributed by atoms with E-state index in [4.69, 9.17) is 14.2 Å². The number of rotatable bonds is 8. The minimum Gasteiger partial charge on any atom is -0.485 e. The average molecular weight is 491 g/mol. The lowest BCUT2D eigenvalue weighted by Gasteiger charge is -2.14. The molecule has 1 N–H and O–H groups in total. The number of anilines is 1. The number of amides is 1. The number of thioether (sulfide) groups is 1. The van der Waals surface area contributed by atoms with Gasteiger partial charge in [0.1, 0.15) is 12.4 Å². The number of fused-ring (bicyclic) bond motifs is 2. The van der Waals surface area contributed by atoms with E-state index in [2.05, 4.69) is 40.6 Å². The van der Waals surface area contributed by atoms with Gasteiger partial charge < -0.3 is 24.1 Å². The van der Waals surface area contributed by atoms with Gasteiger partial charge in [-0.1, -0.05) is 42.1 Å². The fourth-order valence-electron chi connectivity index (χ4n) is 3.97. The van der Waals surface area contributed by atoms with Crippen molar-refractivity contribution in [1.82, 2.24) is 14.8 Å². The third-order valence-corrected chi connectivity index (χ3v) is 6.99. The molecule has 0 radical (unpaired) electrons. The minimum atomic E-state index is -0.383. The number of hydrogen-bond acceptors (Lipinski definition) is 7. The van der Waals surface area contributed by atoms with Gasteiger partial charge in [0.25, 0.3) is 0 Å². The van der Waals surface area contributed by atoms with Gasteiger partial charge >= 0.3 is 0 Å². The highest BCUT2D eigenvalue weighted by molar-refractivity contribution is 8.00. The van der Waals surface area contributed by atoms with Crippen molar-refractivity contribution in [1.29, 1.82) is 0 Å². The second kappa shape index (κ2) is 9.87. The molecule has 1 aliphatic heterocycles. The van der Waals surface area contributed by atoms with Crippen molar-refractivity contribution in [3.8, 4) is 17.2 Å². The number of carbonyl (C=O) groups is 1. The highest BCUT2D eigenvalue weighted by Crippen LogP contribution is 2.34. The number of aryl methyl sites for hydroxylation is 1. The van der Waals surface area contributed by atoms with Crippen LogP contribution in [-0.2, 0) is 17.9 Å². The molecule has 8 nitrogen and oxygen atoms in total. The Bertz CT molecular complexity index is 1390. The summed E-state index contributed by atoms with van der Waals surface area (Å²) in [6.45, 7) is 7.08. The van der Waals surface area contributed by atoms with Crippen LogP contribution in [0.4, 0.5) is 5.69 Å². The maximum Gasteiger partial charge on any atom is 0.237 e. The molecule has 0 bridgehead atoms. The Balaban J connectivity index is 1.24. The topological polar surface area (TPSA) is 87.5 Å². The first-order valence-corrected chi connectivity index (χ1v) is 12.3. The average Bonchev–Trinajstić information content (AvgIpc) is 3.49. The summed E-state index contributed by atoms with van der Waals surface area (Å²) in [7, 11) is 0. The summed E-state index contributed by atoms with van der Waals surface area (Å²) >= 11 is 1.36. The molecule has 35 heavy (non-hydrogen) atoms. The minimum absolute atomic E-state index is 0.135. The van der Waals surface area contributed by atoms with Crippen LogP contribution < -0.4 is 19.5 Å². The second-order valence-electron chi connectivity index (χ2n) is 8.16. The molecule has 2 heterocycles. The first-order chi connectivity index (χ1) is 17.0. The van der Waals surface area contributed by atoms with Crippen molar-refractivity contribution in [2.45, 2.75) is 44.3 Å². The molecule has 1 atom stereocenters. The molecule has 1 aromatic heterocycles. The van der Waals surface area contributed by atoms with Crippen molar-refractivity contribution in [3.05, 3.63) is 66.0 Å². The summed E-state index contributed by atoms with van der Waals surface area (Å²) in [6.07, 6.45) is 0. The highest BCUT2D eigenvalue weighted by atomic mass is 32.2. The standard InChI is InChI=1S/C26H26N4O4S/c1-4-30-24(14-32-21-11-9-18-7-5-6-8-20(18)16(21)2)28-29-26(30)35-17(3)25(31)27-19-10-12-22-23(13-19)34-15-33-22/h5-13,17H,4,14-15H2,1-3H3,(H,27,31). The maximum atomic E-state index is 12.8.